The minimum atomic E-state index is -4.66. The Bertz CT molecular complexity index is 123. The fourth-order valence-electron chi connectivity index (χ4n) is 0. The van der Waals surface area contributed by atoms with Gasteiger partial charge in [-0.1, -0.05) is 0 Å². The lowest BCUT2D eigenvalue weighted by atomic mass is 10.7. The Kier molecular flexibility index (Phi) is 6.22. The highest BCUT2D eigenvalue weighted by Gasteiger charge is 2.53. The molecule has 0 radical (unpaired) electrons. The van der Waals surface area contributed by atoms with Gasteiger partial charge >= 0.3 is 15.6 Å². The minimum absolute atomic E-state index is 3.56. The molecule has 0 bridgehead atoms. The zero-order valence-electron chi connectivity index (χ0n) is 5.28. The fourth-order valence-corrected chi connectivity index (χ4v) is 0. The maximum Gasteiger partial charge on any atom is 0.401 e. The SMILES string of the molecule is FC(F)(Cl)C(F)(F)Cl.FC(F)(Cl)Cl. The van der Waals surface area contributed by atoms with Crippen molar-refractivity contribution < 1.29 is 26.3 Å². The van der Waals surface area contributed by atoms with Crippen molar-refractivity contribution in [2.24, 2.45) is 0 Å². The molecule has 10 heteroatoms. The molecule has 82 valence electrons. The number of halogens is 10. The molecule has 13 heavy (non-hydrogen) atoms. The van der Waals surface area contributed by atoms with Gasteiger partial charge in [0.1, 0.15) is 0 Å². The van der Waals surface area contributed by atoms with E-state index in [1.54, 1.807) is 0 Å². The lowest BCUT2D eigenvalue weighted by Crippen LogP contribution is -2.28. The van der Waals surface area contributed by atoms with Crippen LogP contribution in [0.5, 0.6) is 0 Å². The molecule has 0 aliphatic rings. The highest BCUT2D eigenvalue weighted by atomic mass is 35.5. The summed E-state index contributed by atoms with van der Waals surface area (Å²) in [5.41, 5.74) is 0. The molecule has 0 saturated carbocycles. The van der Waals surface area contributed by atoms with E-state index >= 15 is 0 Å². The van der Waals surface area contributed by atoms with E-state index in [0.29, 0.717) is 0 Å². The van der Waals surface area contributed by atoms with Gasteiger partial charge in [0.05, 0.1) is 0 Å². The first-order chi connectivity index (χ1) is 5.25. The van der Waals surface area contributed by atoms with Crippen LogP contribution in [-0.4, -0.2) is 15.6 Å². The van der Waals surface area contributed by atoms with Crippen molar-refractivity contribution in [2.45, 2.75) is 15.6 Å². The summed E-state index contributed by atoms with van der Waals surface area (Å²) in [6.07, 6.45) is 0. The Balaban J connectivity index is 0. The van der Waals surface area contributed by atoms with E-state index in [2.05, 4.69) is 46.4 Å². The lowest BCUT2D eigenvalue weighted by Gasteiger charge is -2.11. The van der Waals surface area contributed by atoms with Gasteiger partial charge in [0.15, 0.2) is 0 Å². The molecule has 0 atom stereocenters. The molecule has 0 N–H and O–H groups in total. The Labute approximate surface area is 88.7 Å². The predicted octanol–water partition coefficient (Wildman–Crippen LogP) is 4.66. The summed E-state index contributed by atoms with van der Waals surface area (Å²) < 4.78 is 65.6. The summed E-state index contributed by atoms with van der Waals surface area (Å²) in [4.78, 5) is -3.56. The van der Waals surface area contributed by atoms with E-state index in [4.69, 9.17) is 0 Å². The normalized spacial score (nSPS) is 13.4. The maximum atomic E-state index is 11.1. The van der Waals surface area contributed by atoms with Crippen molar-refractivity contribution in [3.05, 3.63) is 0 Å². The fraction of sp³-hybridized carbons (Fsp3) is 1.00. The third-order valence-corrected chi connectivity index (χ3v) is 0.893. The summed E-state index contributed by atoms with van der Waals surface area (Å²) in [5, 5.41) is -9.32. The van der Waals surface area contributed by atoms with Gasteiger partial charge in [0.2, 0.25) is 0 Å². The van der Waals surface area contributed by atoms with Crippen molar-refractivity contribution in [3.63, 3.8) is 0 Å². The van der Waals surface area contributed by atoms with Gasteiger partial charge < -0.3 is 0 Å². The van der Waals surface area contributed by atoms with E-state index in [9.17, 15) is 26.3 Å². The van der Waals surface area contributed by atoms with Crippen molar-refractivity contribution in [1.82, 2.24) is 0 Å². The van der Waals surface area contributed by atoms with Crippen LogP contribution in [0.25, 0.3) is 0 Å². The van der Waals surface area contributed by atoms with Crippen LogP contribution in [0.1, 0.15) is 0 Å². The largest absolute Gasteiger partial charge is 0.401 e. The molecule has 0 fully saturated rings. The van der Waals surface area contributed by atoms with Crippen molar-refractivity contribution >= 4 is 46.4 Å². The zero-order valence-corrected chi connectivity index (χ0v) is 8.30. The Hall–Kier alpha value is 0.740. The number of alkyl halides is 10. The highest BCUT2D eigenvalue weighted by molar-refractivity contribution is 6.45. The van der Waals surface area contributed by atoms with Crippen molar-refractivity contribution in [1.29, 1.82) is 0 Å². The summed E-state index contributed by atoms with van der Waals surface area (Å²) in [5.74, 6) is 0. The Morgan fingerprint density at radius 3 is 0.615 bits per heavy atom. The van der Waals surface area contributed by atoms with Crippen molar-refractivity contribution in [3.8, 4) is 0 Å². The van der Waals surface area contributed by atoms with Crippen LogP contribution in [0.3, 0.4) is 0 Å². The van der Waals surface area contributed by atoms with Gasteiger partial charge in [-0.25, -0.2) is 0 Å². The molecule has 0 saturated heterocycles. The molecule has 0 unspecified atom stereocenters. The summed E-state index contributed by atoms with van der Waals surface area (Å²) in [6.45, 7) is 0. The number of rotatable bonds is 1. The second kappa shape index (κ2) is 5.00. The highest BCUT2D eigenvalue weighted by Crippen LogP contribution is 2.40. The molecule has 0 amide bonds. The van der Waals surface area contributed by atoms with Gasteiger partial charge in [-0.2, -0.15) is 26.3 Å². The molecule has 0 rings (SSSR count). The Morgan fingerprint density at radius 2 is 0.615 bits per heavy atom. The van der Waals surface area contributed by atoms with Crippen LogP contribution < -0.4 is 0 Å². The van der Waals surface area contributed by atoms with E-state index in [0.717, 1.165) is 0 Å². The average Bonchev–Trinajstić information content (AvgIpc) is 1.50. The lowest BCUT2D eigenvalue weighted by molar-refractivity contribution is -0.0960. The summed E-state index contributed by atoms with van der Waals surface area (Å²) in [6, 6.07) is 0. The average molecular weight is 292 g/mol. The molecule has 0 aromatic rings. The van der Waals surface area contributed by atoms with Gasteiger partial charge in [-0.05, 0) is 46.4 Å². The second-order valence-corrected chi connectivity index (χ2v) is 3.52. The second-order valence-electron chi connectivity index (χ2n) is 1.42. The molecule has 0 aromatic heterocycles. The van der Waals surface area contributed by atoms with Crippen LogP contribution in [-0.2, 0) is 0 Å². The van der Waals surface area contributed by atoms with E-state index < -0.39 is 15.6 Å². The number of hydrogen-bond donors (Lipinski definition) is 0. The first kappa shape index (κ1) is 16.2. The Morgan fingerprint density at radius 1 is 0.538 bits per heavy atom. The van der Waals surface area contributed by atoms with E-state index in [1.165, 1.54) is 0 Å². The first-order valence-corrected chi connectivity index (χ1v) is 3.65. The first-order valence-electron chi connectivity index (χ1n) is 2.14. The van der Waals surface area contributed by atoms with Crippen LogP contribution in [0.4, 0.5) is 26.3 Å². The topological polar surface area (TPSA) is 0 Å². The molecule has 0 heterocycles. The molecule has 0 aliphatic carbocycles. The molecule has 0 spiro atoms. The summed E-state index contributed by atoms with van der Waals surface area (Å²) >= 11 is 15.5. The van der Waals surface area contributed by atoms with Gasteiger partial charge in [-0.3, -0.25) is 0 Å². The third-order valence-electron chi connectivity index (χ3n) is 0.321. The number of hydrogen-bond acceptors (Lipinski definition) is 0. The van der Waals surface area contributed by atoms with Gasteiger partial charge in [0, 0.05) is 0 Å². The van der Waals surface area contributed by atoms with E-state index in [1.807, 2.05) is 0 Å². The van der Waals surface area contributed by atoms with Gasteiger partial charge in [0.25, 0.3) is 0 Å². The standard InChI is InChI=1S/C2Cl2F4.CCl2F2/c3-1(5,6)2(4,7)8;2-1(3,4)5. The minimum Gasteiger partial charge on any atom is -0.179 e. The molecular weight excluding hydrogens is 292 g/mol. The quantitative estimate of drug-likeness (QED) is 0.487. The molecule has 0 aliphatic heterocycles. The van der Waals surface area contributed by atoms with Crippen LogP contribution in [0, 0.1) is 0 Å². The molecule has 0 aromatic carbocycles. The predicted molar refractivity (Wildman–Crippen MR) is 38.3 cm³/mol. The van der Waals surface area contributed by atoms with Gasteiger partial charge in [-0.15, -0.1) is 0 Å². The monoisotopic (exact) mass is 290 g/mol. The molecule has 0 nitrogen and oxygen atoms in total. The molecular formula is C3Cl4F6. The van der Waals surface area contributed by atoms with Crippen molar-refractivity contribution in [2.75, 3.05) is 0 Å². The zero-order chi connectivity index (χ0) is 11.5. The summed E-state index contributed by atoms with van der Waals surface area (Å²) in [7, 11) is 0. The van der Waals surface area contributed by atoms with E-state index in [-0.39, 0.29) is 0 Å². The van der Waals surface area contributed by atoms with Crippen LogP contribution in [0.2, 0.25) is 0 Å². The maximum absolute atomic E-state index is 11.1. The van der Waals surface area contributed by atoms with Crippen LogP contribution in [0.15, 0.2) is 0 Å². The third kappa shape index (κ3) is 15.5. The smallest absolute Gasteiger partial charge is 0.179 e. The van der Waals surface area contributed by atoms with Crippen LogP contribution >= 0.6 is 46.4 Å².